The molecular weight excluding hydrogens is 352 g/mol. The Balaban J connectivity index is 1.80. The summed E-state index contributed by atoms with van der Waals surface area (Å²) in [6.07, 6.45) is 1.37. The predicted octanol–water partition coefficient (Wildman–Crippen LogP) is 3.32. The second kappa shape index (κ2) is 7.37. The van der Waals surface area contributed by atoms with Crippen molar-refractivity contribution in [3.63, 3.8) is 0 Å². The molecule has 0 bridgehead atoms. The van der Waals surface area contributed by atoms with Crippen LogP contribution in [-0.4, -0.2) is 27.5 Å². The first-order valence-corrected chi connectivity index (χ1v) is 10.1. The minimum absolute atomic E-state index is 0.0798. The third-order valence-corrected chi connectivity index (χ3v) is 5.64. The lowest BCUT2D eigenvalue weighted by atomic mass is 10.2. The average molecular weight is 374 g/mol. The van der Waals surface area contributed by atoms with Crippen LogP contribution in [0.15, 0.2) is 47.4 Å². The number of hydrogen-bond donors (Lipinski definition) is 1. The highest BCUT2D eigenvalue weighted by atomic mass is 32.2. The molecule has 0 saturated carbocycles. The van der Waals surface area contributed by atoms with Crippen LogP contribution in [0.1, 0.15) is 25.3 Å². The van der Waals surface area contributed by atoms with Crippen molar-refractivity contribution in [2.45, 2.75) is 31.6 Å². The van der Waals surface area contributed by atoms with E-state index in [9.17, 15) is 13.2 Å². The van der Waals surface area contributed by atoms with Gasteiger partial charge in [0.05, 0.1) is 11.5 Å². The van der Waals surface area contributed by atoms with Crippen molar-refractivity contribution in [2.24, 2.45) is 0 Å². The fourth-order valence-corrected chi connectivity index (χ4v) is 4.14. The molecule has 0 aliphatic carbocycles. The van der Waals surface area contributed by atoms with Gasteiger partial charge in [0.25, 0.3) is 10.0 Å². The second-order valence-corrected chi connectivity index (χ2v) is 7.84. The van der Waals surface area contributed by atoms with Crippen LogP contribution in [0.4, 0.5) is 11.4 Å². The van der Waals surface area contributed by atoms with Gasteiger partial charge in [-0.1, -0.05) is 0 Å². The Morgan fingerprint density at radius 1 is 1.15 bits per heavy atom. The molecule has 138 valence electrons. The monoisotopic (exact) mass is 374 g/mol. The summed E-state index contributed by atoms with van der Waals surface area (Å²) in [7, 11) is -3.71. The van der Waals surface area contributed by atoms with Crippen LogP contribution in [0, 0.1) is 6.92 Å². The van der Waals surface area contributed by atoms with Gasteiger partial charge in [-0.25, -0.2) is 8.42 Å². The van der Waals surface area contributed by atoms with Gasteiger partial charge in [-0.3, -0.25) is 9.52 Å². The molecule has 1 fully saturated rings. The Kier molecular flexibility index (Phi) is 5.18. The molecule has 1 saturated heterocycles. The minimum Gasteiger partial charge on any atom is -0.494 e. The Morgan fingerprint density at radius 2 is 1.88 bits per heavy atom. The van der Waals surface area contributed by atoms with E-state index < -0.39 is 10.0 Å². The lowest BCUT2D eigenvalue weighted by Crippen LogP contribution is -2.24. The molecule has 0 aromatic heterocycles. The number of sulfonamides is 1. The Labute approximate surface area is 153 Å². The van der Waals surface area contributed by atoms with Crippen LogP contribution in [0.2, 0.25) is 0 Å². The number of nitrogens with zero attached hydrogens (tertiary/aromatic N) is 1. The number of anilines is 2. The van der Waals surface area contributed by atoms with Crippen LogP contribution in [0.25, 0.3) is 0 Å². The SMILES string of the molecule is CCOc1ccc(NS(=O)(=O)c2ccc(N3CCCC3=O)c(C)c2)cc1. The Morgan fingerprint density at radius 3 is 2.46 bits per heavy atom. The van der Waals surface area contributed by atoms with Crippen molar-refractivity contribution in [2.75, 3.05) is 22.8 Å². The van der Waals surface area contributed by atoms with Crippen molar-refractivity contribution in [1.29, 1.82) is 0 Å². The summed E-state index contributed by atoms with van der Waals surface area (Å²) >= 11 is 0. The zero-order valence-corrected chi connectivity index (χ0v) is 15.7. The summed E-state index contributed by atoms with van der Waals surface area (Å²) in [5.41, 5.74) is 1.99. The van der Waals surface area contributed by atoms with Crippen LogP contribution in [-0.2, 0) is 14.8 Å². The van der Waals surface area contributed by atoms with Gasteiger partial charge < -0.3 is 9.64 Å². The van der Waals surface area contributed by atoms with Crippen molar-refractivity contribution in [3.05, 3.63) is 48.0 Å². The highest BCUT2D eigenvalue weighted by Gasteiger charge is 2.24. The molecular formula is C19H22N2O4S. The van der Waals surface area contributed by atoms with E-state index in [0.29, 0.717) is 31.0 Å². The molecule has 26 heavy (non-hydrogen) atoms. The predicted molar refractivity (Wildman–Crippen MR) is 101 cm³/mol. The quantitative estimate of drug-likeness (QED) is 0.842. The maximum absolute atomic E-state index is 12.6. The number of hydrogen-bond acceptors (Lipinski definition) is 4. The third kappa shape index (κ3) is 3.83. The highest BCUT2D eigenvalue weighted by Crippen LogP contribution is 2.28. The van der Waals surface area contributed by atoms with Gasteiger partial charge >= 0.3 is 0 Å². The molecule has 1 heterocycles. The number of amides is 1. The largest absolute Gasteiger partial charge is 0.494 e. The molecule has 0 atom stereocenters. The van der Waals surface area contributed by atoms with Crippen LogP contribution < -0.4 is 14.4 Å². The van der Waals surface area contributed by atoms with Gasteiger partial charge in [0.1, 0.15) is 5.75 Å². The van der Waals surface area contributed by atoms with Crippen LogP contribution >= 0.6 is 0 Å². The molecule has 1 amide bonds. The van der Waals surface area contributed by atoms with Gasteiger partial charge in [0.15, 0.2) is 0 Å². The van der Waals surface area contributed by atoms with E-state index in [2.05, 4.69) is 4.72 Å². The maximum Gasteiger partial charge on any atom is 0.261 e. The summed E-state index contributed by atoms with van der Waals surface area (Å²) in [5.74, 6) is 0.766. The lowest BCUT2D eigenvalue weighted by molar-refractivity contribution is -0.117. The van der Waals surface area contributed by atoms with E-state index in [4.69, 9.17) is 4.74 Å². The first kappa shape index (κ1) is 18.3. The summed E-state index contributed by atoms with van der Waals surface area (Å²) in [6.45, 7) is 4.93. The van der Waals surface area contributed by atoms with Crippen molar-refractivity contribution in [3.8, 4) is 5.75 Å². The molecule has 0 unspecified atom stereocenters. The first-order valence-electron chi connectivity index (χ1n) is 8.57. The number of benzene rings is 2. The fourth-order valence-electron chi connectivity index (χ4n) is 3.00. The van der Waals surface area contributed by atoms with Gasteiger partial charge in [-0.2, -0.15) is 0 Å². The number of carbonyl (C=O) groups is 1. The van der Waals surface area contributed by atoms with Crippen molar-refractivity contribution in [1.82, 2.24) is 0 Å². The van der Waals surface area contributed by atoms with Crippen LogP contribution in [0.5, 0.6) is 5.75 Å². The molecule has 2 aromatic carbocycles. The Bertz CT molecular complexity index is 908. The lowest BCUT2D eigenvalue weighted by Gasteiger charge is -2.19. The molecule has 1 aliphatic rings. The van der Waals surface area contributed by atoms with Crippen LogP contribution in [0.3, 0.4) is 0 Å². The first-order chi connectivity index (χ1) is 12.4. The van der Waals surface area contributed by atoms with E-state index in [1.54, 1.807) is 41.3 Å². The number of aryl methyl sites for hydroxylation is 1. The van der Waals surface area contributed by atoms with Gasteiger partial charge in [-0.05, 0) is 68.3 Å². The Hall–Kier alpha value is -2.54. The number of nitrogens with one attached hydrogen (secondary N) is 1. The van der Waals surface area contributed by atoms with Gasteiger partial charge in [0.2, 0.25) is 5.91 Å². The zero-order chi connectivity index (χ0) is 18.7. The highest BCUT2D eigenvalue weighted by molar-refractivity contribution is 7.92. The smallest absolute Gasteiger partial charge is 0.261 e. The normalized spacial score (nSPS) is 14.5. The topological polar surface area (TPSA) is 75.7 Å². The van der Waals surface area contributed by atoms with E-state index in [0.717, 1.165) is 17.7 Å². The van der Waals surface area contributed by atoms with E-state index >= 15 is 0 Å². The minimum atomic E-state index is -3.71. The number of rotatable bonds is 6. The summed E-state index contributed by atoms with van der Waals surface area (Å²) in [4.78, 5) is 13.8. The molecule has 1 aliphatic heterocycles. The second-order valence-electron chi connectivity index (χ2n) is 6.16. The van der Waals surface area contributed by atoms with E-state index in [1.807, 2.05) is 13.8 Å². The number of carbonyl (C=O) groups excluding carboxylic acids is 1. The maximum atomic E-state index is 12.6. The van der Waals surface area contributed by atoms with Gasteiger partial charge in [-0.15, -0.1) is 0 Å². The fraction of sp³-hybridized carbons (Fsp3) is 0.316. The average Bonchev–Trinajstić information content (AvgIpc) is 3.02. The standard InChI is InChI=1S/C19H22N2O4S/c1-3-25-16-8-6-15(7-9-16)20-26(23,24)17-10-11-18(14(2)13-17)21-12-4-5-19(21)22/h6-11,13,20H,3-5,12H2,1-2H3. The van der Waals surface area contributed by atoms with Gasteiger partial charge in [0, 0.05) is 24.3 Å². The molecule has 3 rings (SSSR count). The van der Waals surface area contributed by atoms with Crippen molar-refractivity contribution >= 4 is 27.3 Å². The summed E-state index contributed by atoms with van der Waals surface area (Å²) < 4.78 is 33.2. The van der Waals surface area contributed by atoms with E-state index in [1.165, 1.54) is 6.07 Å². The molecule has 6 nitrogen and oxygen atoms in total. The molecule has 0 spiro atoms. The number of ether oxygens (including phenoxy) is 1. The molecule has 0 radical (unpaired) electrons. The van der Waals surface area contributed by atoms with E-state index in [-0.39, 0.29) is 10.8 Å². The summed E-state index contributed by atoms with van der Waals surface area (Å²) in [5, 5.41) is 0. The third-order valence-electron chi connectivity index (χ3n) is 4.26. The zero-order valence-electron chi connectivity index (χ0n) is 14.9. The summed E-state index contributed by atoms with van der Waals surface area (Å²) in [6, 6.07) is 11.6. The van der Waals surface area contributed by atoms with Crippen molar-refractivity contribution < 1.29 is 17.9 Å². The molecule has 7 heteroatoms. The molecule has 1 N–H and O–H groups in total. The molecule has 2 aromatic rings.